The number of likely N-dealkylation sites (N-methyl/N-ethyl adjacent to an activating group) is 1. The molecule has 0 aromatic heterocycles. The van der Waals surface area contributed by atoms with Crippen molar-refractivity contribution < 1.29 is 15.5 Å². The number of nitrogens with one attached hydrogen (secondary N) is 1. The lowest BCUT2D eigenvalue weighted by Crippen LogP contribution is -2.28. The van der Waals surface area contributed by atoms with Crippen LogP contribution in [0.25, 0.3) is 0 Å². The number of rotatable bonds is 7. The van der Waals surface area contributed by atoms with Gasteiger partial charge in [0.25, 0.3) is 5.69 Å². The molecule has 0 aliphatic rings. The zero-order valence-electron chi connectivity index (χ0n) is 11.6. The van der Waals surface area contributed by atoms with Crippen molar-refractivity contribution in [3.63, 3.8) is 0 Å². The number of anilines is 1. The van der Waals surface area contributed by atoms with Gasteiger partial charge in [0.2, 0.25) is 0 Å². The molecule has 7 nitrogen and oxygen atoms in total. The van der Waals surface area contributed by atoms with Gasteiger partial charge in [-0.3, -0.25) is 10.1 Å². The van der Waals surface area contributed by atoms with Crippen LogP contribution in [-0.2, 0) is 0 Å². The molecule has 0 heterocycles. The summed E-state index contributed by atoms with van der Waals surface area (Å²) in [5.41, 5.74) is 0.412. The van der Waals surface area contributed by atoms with Crippen molar-refractivity contribution in [1.82, 2.24) is 4.90 Å². The fourth-order valence-electron chi connectivity index (χ4n) is 1.67. The lowest BCUT2D eigenvalue weighted by Gasteiger charge is -2.18. The van der Waals surface area contributed by atoms with Crippen LogP contribution in [0.1, 0.15) is 13.8 Å². The van der Waals surface area contributed by atoms with Crippen LogP contribution in [0.4, 0.5) is 11.4 Å². The first-order chi connectivity index (χ1) is 8.58. The number of nitrogens with zero attached hydrogens (tertiary/aromatic N) is 2. The lowest BCUT2D eigenvalue weighted by molar-refractivity contribution is -0.384. The highest BCUT2D eigenvalue weighted by atomic mass is 35.5. The van der Waals surface area contributed by atoms with Gasteiger partial charge in [-0.05, 0) is 19.2 Å². The average Bonchev–Trinajstić information content (AvgIpc) is 2.36. The Morgan fingerprint density at radius 1 is 1.35 bits per heavy atom. The molecule has 0 spiro atoms. The van der Waals surface area contributed by atoms with E-state index in [4.69, 9.17) is 0 Å². The summed E-state index contributed by atoms with van der Waals surface area (Å²) in [6.07, 6.45) is 0. The van der Waals surface area contributed by atoms with Crippen LogP contribution in [-0.4, -0.2) is 46.6 Å². The van der Waals surface area contributed by atoms with Crippen molar-refractivity contribution in [3.8, 4) is 5.75 Å². The van der Waals surface area contributed by atoms with Crippen molar-refractivity contribution >= 4 is 23.8 Å². The molecule has 4 N–H and O–H groups in total. The van der Waals surface area contributed by atoms with Gasteiger partial charge >= 0.3 is 0 Å². The van der Waals surface area contributed by atoms with Gasteiger partial charge in [-0.2, -0.15) is 0 Å². The predicted octanol–water partition coefficient (Wildman–Crippen LogP) is 1.65. The fourth-order valence-corrected chi connectivity index (χ4v) is 1.67. The van der Waals surface area contributed by atoms with E-state index < -0.39 is 4.92 Å². The third-order valence-corrected chi connectivity index (χ3v) is 2.83. The van der Waals surface area contributed by atoms with Gasteiger partial charge in [0, 0.05) is 19.2 Å². The zero-order valence-corrected chi connectivity index (χ0v) is 12.4. The number of benzene rings is 1. The Bertz CT molecular complexity index is 414. The van der Waals surface area contributed by atoms with Crippen molar-refractivity contribution in [3.05, 3.63) is 28.3 Å². The van der Waals surface area contributed by atoms with Crippen LogP contribution in [0, 0.1) is 10.1 Å². The van der Waals surface area contributed by atoms with Crippen molar-refractivity contribution in [2.24, 2.45) is 0 Å². The normalized spacial score (nSPS) is 9.55. The number of nitro groups is 1. The number of non-ortho nitro benzene ring substituents is 1. The minimum Gasteiger partial charge on any atom is -0.506 e. The van der Waals surface area contributed by atoms with Crippen LogP contribution >= 0.6 is 12.4 Å². The van der Waals surface area contributed by atoms with Gasteiger partial charge in [0.1, 0.15) is 5.75 Å². The molecule has 116 valence electrons. The lowest BCUT2D eigenvalue weighted by atomic mass is 10.2. The molecule has 1 aromatic carbocycles. The number of hydrogen-bond acceptors (Lipinski definition) is 5. The minimum absolute atomic E-state index is 0. The highest BCUT2D eigenvalue weighted by molar-refractivity contribution is 5.85. The third kappa shape index (κ3) is 6.05. The summed E-state index contributed by atoms with van der Waals surface area (Å²) in [7, 11) is 0. The van der Waals surface area contributed by atoms with E-state index in [1.54, 1.807) is 0 Å². The van der Waals surface area contributed by atoms with Gasteiger partial charge in [-0.1, -0.05) is 13.8 Å². The molecule has 0 radical (unpaired) electrons. The molecule has 0 bridgehead atoms. The van der Waals surface area contributed by atoms with Crippen molar-refractivity contribution in [1.29, 1.82) is 0 Å². The Labute approximate surface area is 124 Å². The first kappa shape index (κ1) is 20.7. The van der Waals surface area contributed by atoms with Crippen LogP contribution in [0.5, 0.6) is 5.75 Å². The van der Waals surface area contributed by atoms with Crippen LogP contribution in [0.15, 0.2) is 18.2 Å². The number of aromatic hydroxyl groups is 1. The van der Waals surface area contributed by atoms with E-state index in [0.717, 1.165) is 25.7 Å². The van der Waals surface area contributed by atoms with E-state index in [1.807, 2.05) is 0 Å². The molecule has 0 saturated carbocycles. The third-order valence-electron chi connectivity index (χ3n) is 2.83. The topological polar surface area (TPSA) is 110 Å². The predicted molar refractivity (Wildman–Crippen MR) is 81.9 cm³/mol. The number of phenolic OH excluding ortho intramolecular Hbond substituents is 1. The zero-order chi connectivity index (χ0) is 13.5. The number of phenols is 1. The molecule has 1 aromatic rings. The molecule has 0 fully saturated rings. The SMILES string of the molecule is CCN(CC)CCNc1ccc([N+](=O)[O-])cc1O.Cl.O. The number of hydrogen-bond donors (Lipinski definition) is 2. The highest BCUT2D eigenvalue weighted by Crippen LogP contribution is 2.27. The molecule has 0 atom stereocenters. The summed E-state index contributed by atoms with van der Waals surface area (Å²) in [6, 6.07) is 4.05. The smallest absolute Gasteiger partial charge is 0.273 e. The Morgan fingerprint density at radius 3 is 2.40 bits per heavy atom. The maximum absolute atomic E-state index is 10.5. The Balaban J connectivity index is 0. The summed E-state index contributed by atoms with van der Waals surface area (Å²) >= 11 is 0. The maximum Gasteiger partial charge on any atom is 0.273 e. The Kier molecular flexibility index (Phi) is 10.6. The number of nitro benzene ring substituents is 1. The van der Waals surface area contributed by atoms with E-state index in [9.17, 15) is 15.2 Å². The summed E-state index contributed by atoms with van der Waals surface area (Å²) < 4.78 is 0. The Hall–Kier alpha value is -1.57. The molecule has 8 heteroatoms. The highest BCUT2D eigenvalue weighted by Gasteiger charge is 2.09. The molecule has 0 aliphatic heterocycles. The van der Waals surface area contributed by atoms with E-state index in [0.29, 0.717) is 12.2 Å². The van der Waals surface area contributed by atoms with Crippen LogP contribution in [0.3, 0.4) is 0 Å². The van der Waals surface area contributed by atoms with E-state index in [-0.39, 0.29) is 29.3 Å². The summed E-state index contributed by atoms with van der Waals surface area (Å²) in [5.74, 6) is -0.0938. The quantitative estimate of drug-likeness (QED) is 0.452. The minimum atomic E-state index is -0.528. The second kappa shape index (κ2) is 10.2. The molecule has 20 heavy (non-hydrogen) atoms. The molecule has 1 rings (SSSR count). The molecular formula is C12H22ClN3O4. The summed E-state index contributed by atoms with van der Waals surface area (Å²) in [6.45, 7) is 7.69. The summed E-state index contributed by atoms with van der Waals surface area (Å²) in [5, 5.41) is 23.2. The van der Waals surface area contributed by atoms with Crippen molar-refractivity contribution in [2.75, 3.05) is 31.5 Å². The monoisotopic (exact) mass is 307 g/mol. The molecule has 0 saturated heterocycles. The second-order valence-electron chi connectivity index (χ2n) is 3.91. The van der Waals surface area contributed by atoms with Gasteiger partial charge in [0.15, 0.2) is 0 Å². The average molecular weight is 308 g/mol. The van der Waals surface area contributed by atoms with Gasteiger partial charge in [-0.15, -0.1) is 12.4 Å². The Morgan fingerprint density at radius 2 is 1.95 bits per heavy atom. The second-order valence-corrected chi connectivity index (χ2v) is 3.91. The van der Waals surface area contributed by atoms with Crippen LogP contribution < -0.4 is 5.32 Å². The standard InChI is InChI=1S/C12H19N3O3.ClH.H2O/c1-3-14(4-2)8-7-13-11-6-5-10(15(17)18)9-12(11)16;;/h5-6,9,13,16H,3-4,7-8H2,1-2H3;1H;1H2. The molecular weight excluding hydrogens is 286 g/mol. The molecule has 0 aliphatic carbocycles. The molecule has 0 unspecified atom stereocenters. The van der Waals surface area contributed by atoms with Gasteiger partial charge in [0.05, 0.1) is 16.7 Å². The van der Waals surface area contributed by atoms with E-state index in [2.05, 4.69) is 24.1 Å². The van der Waals surface area contributed by atoms with Gasteiger partial charge < -0.3 is 20.8 Å². The van der Waals surface area contributed by atoms with Crippen LogP contribution in [0.2, 0.25) is 0 Å². The van der Waals surface area contributed by atoms with E-state index >= 15 is 0 Å². The first-order valence-electron chi connectivity index (χ1n) is 6.02. The summed E-state index contributed by atoms with van der Waals surface area (Å²) in [4.78, 5) is 12.2. The van der Waals surface area contributed by atoms with Gasteiger partial charge in [-0.25, -0.2) is 0 Å². The largest absolute Gasteiger partial charge is 0.506 e. The fraction of sp³-hybridized carbons (Fsp3) is 0.500. The maximum atomic E-state index is 10.5. The first-order valence-corrected chi connectivity index (χ1v) is 6.02. The van der Waals surface area contributed by atoms with E-state index in [1.165, 1.54) is 12.1 Å². The van der Waals surface area contributed by atoms with Crippen molar-refractivity contribution in [2.45, 2.75) is 13.8 Å². The number of halogens is 1. The molecule has 0 amide bonds.